The molecule has 1 unspecified atom stereocenters. The molecule has 0 spiro atoms. The predicted molar refractivity (Wildman–Crippen MR) is 87.9 cm³/mol. The molecule has 0 saturated heterocycles. The lowest BCUT2D eigenvalue weighted by molar-refractivity contribution is -0.147. The van der Waals surface area contributed by atoms with Crippen molar-refractivity contribution in [2.24, 2.45) is 5.92 Å². The maximum atomic E-state index is 12.6. The molecule has 116 valence electrons. The number of ether oxygens (including phenoxy) is 1. The molecule has 21 heavy (non-hydrogen) atoms. The Kier molecular flexibility index (Phi) is 7.10. The van der Waals surface area contributed by atoms with Gasteiger partial charge in [0.05, 0.1) is 13.7 Å². The number of carbonyl (C=O) groups is 2. The predicted octanol–water partition coefficient (Wildman–Crippen LogP) is 1.92. The number of rotatable bonds is 6. The molecule has 0 aromatic heterocycles. The number of esters is 1. The number of aliphatic hydroxyl groups excluding tert-OH is 1. The van der Waals surface area contributed by atoms with E-state index in [9.17, 15) is 14.7 Å². The van der Waals surface area contributed by atoms with Gasteiger partial charge < -0.3 is 14.7 Å². The number of halogens is 1. The van der Waals surface area contributed by atoms with Gasteiger partial charge in [0.2, 0.25) is 0 Å². The Balaban J connectivity index is 3.08. The molecular formula is C15H20INO4. The van der Waals surface area contributed by atoms with Gasteiger partial charge >= 0.3 is 5.97 Å². The van der Waals surface area contributed by atoms with Crippen molar-refractivity contribution in [3.05, 3.63) is 33.4 Å². The number of hydrogen-bond acceptors (Lipinski definition) is 4. The van der Waals surface area contributed by atoms with Crippen molar-refractivity contribution in [3.8, 4) is 0 Å². The van der Waals surface area contributed by atoms with Crippen molar-refractivity contribution in [1.82, 2.24) is 4.90 Å². The topological polar surface area (TPSA) is 66.8 Å². The van der Waals surface area contributed by atoms with E-state index in [-0.39, 0.29) is 11.8 Å². The van der Waals surface area contributed by atoms with Crippen LogP contribution in [0.25, 0.3) is 0 Å². The Bertz CT molecular complexity index is 487. The first-order valence-electron chi connectivity index (χ1n) is 6.66. The molecule has 0 aliphatic carbocycles. The quantitative estimate of drug-likeness (QED) is 0.580. The smallest absolute Gasteiger partial charge is 0.331 e. The van der Waals surface area contributed by atoms with Crippen LogP contribution in [-0.4, -0.2) is 48.2 Å². The number of aliphatic hydroxyl groups is 1. The molecule has 1 aromatic rings. The van der Waals surface area contributed by atoms with E-state index in [2.05, 4.69) is 27.3 Å². The first kappa shape index (κ1) is 17.9. The van der Waals surface area contributed by atoms with Crippen molar-refractivity contribution < 1.29 is 19.4 Å². The summed E-state index contributed by atoms with van der Waals surface area (Å²) in [5, 5.41) is 9.45. The summed E-state index contributed by atoms with van der Waals surface area (Å²) in [6, 6.07) is 6.09. The summed E-state index contributed by atoms with van der Waals surface area (Å²) in [7, 11) is 1.24. The lowest BCUT2D eigenvalue weighted by atomic mass is 10.1. The molecule has 0 aliphatic rings. The Labute approximate surface area is 138 Å². The van der Waals surface area contributed by atoms with E-state index >= 15 is 0 Å². The number of carbonyl (C=O) groups excluding carboxylic acids is 2. The average Bonchev–Trinajstić information content (AvgIpc) is 2.46. The number of hydrogen-bond donors (Lipinski definition) is 1. The highest BCUT2D eigenvalue weighted by molar-refractivity contribution is 14.1. The van der Waals surface area contributed by atoms with Gasteiger partial charge in [-0.15, -0.1) is 0 Å². The largest absolute Gasteiger partial charge is 0.467 e. The van der Waals surface area contributed by atoms with E-state index in [0.29, 0.717) is 12.1 Å². The zero-order valence-corrected chi connectivity index (χ0v) is 14.5. The molecule has 6 heteroatoms. The normalized spacial score (nSPS) is 12.1. The van der Waals surface area contributed by atoms with Crippen molar-refractivity contribution in [2.45, 2.75) is 19.9 Å². The molecule has 0 heterocycles. The zero-order chi connectivity index (χ0) is 16.0. The second-order valence-corrected chi connectivity index (χ2v) is 6.33. The maximum absolute atomic E-state index is 12.6. The van der Waals surface area contributed by atoms with Crippen LogP contribution in [0.4, 0.5) is 0 Å². The Morgan fingerprint density at radius 2 is 1.86 bits per heavy atom. The van der Waals surface area contributed by atoms with Gasteiger partial charge in [0, 0.05) is 15.7 Å². The summed E-state index contributed by atoms with van der Waals surface area (Å²) in [5.74, 6) is -0.738. The first-order chi connectivity index (χ1) is 9.90. The Morgan fingerprint density at radius 3 is 2.29 bits per heavy atom. The lowest BCUT2D eigenvalue weighted by Crippen LogP contribution is -2.49. The summed E-state index contributed by atoms with van der Waals surface area (Å²) in [6.07, 6.45) is 0. The molecule has 1 N–H and O–H groups in total. The maximum Gasteiger partial charge on any atom is 0.331 e. The van der Waals surface area contributed by atoms with Gasteiger partial charge in [0.15, 0.2) is 6.04 Å². The highest BCUT2D eigenvalue weighted by Gasteiger charge is 2.31. The van der Waals surface area contributed by atoms with Crippen LogP contribution >= 0.6 is 22.6 Å². The fourth-order valence-electron chi connectivity index (χ4n) is 1.94. The van der Waals surface area contributed by atoms with Crippen LogP contribution in [-0.2, 0) is 9.53 Å². The van der Waals surface area contributed by atoms with Crippen LogP contribution in [0, 0.1) is 9.49 Å². The molecule has 1 rings (SSSR count). The third-order valence-corrected chi connectivity index (χ3v) is 3.66. The van der Waals surface area contributed by atoms with Crippen LogP contribution in [0.3, 0.4) is 0 Å². The number of methoxy groups -OCH3 is 1. The van der Waals surface area contributed by atoms with Gasteiger partial charge in [-0.1, -0.05) is 13.8 Å². The Hall–Kier alpha value is -1.15. The average molecular weight is 405 g/mol. The third-order valence-electron chi connectivity index (χ3n) is 2.94. The second kappa shape index (κ2) is 8.33. The summed E-state index contributed by atoms with van der Waals surface area (Å²) >= 11 is 2.16. The monoisotopic (exact) mass is 405 g/mol. The van der Waals surface area contributed by atoms with Gasteiger partial charge in [0.1, 0.15) is 0 Å². The van der Waals surface area contributed by atoms with E-state index in [0.717, 1.165) is 3.57 Å². The van der Waals surface area contributed by atoms with E-state index in [1.54, 1.807) is 12.1 Å². The molecule has 0 fully saturated rings. The minimum Gasteiger partial charge on any atom is -0.467 e. The molecule has 0 saturated carbocycles. The van der Waals surface area contributed by atoms with E-state index in [1.165, 1.54) is 12.0 Å². The van der Waals surface area contributed by atoms with Gasteiger partial charge in [-0.25, -0.2) is 4.79 Å². The lowest BCUT2D eigenvalue weighted by Gasteiger charge is -2.30. The number of amides is 1. The van der Waals surface area contributed by atoms with E-state index in [1.807, 2.05) is 26.0 Å². The van der Waals surface area contributed by atoms with Crippen molar-refractivity contribution in [1.29, 1.82) is 0 Å². The summed E-state index contributed by atoms with van der Waals surface area (Å²) < 4.78 is 5.70. The van der Waals surface area contributed by atoms with Crippen LogP contribution in [0.15, 0.2) is 24.3 Å². The summed E-state index contributed by atoms with van der Waals surface area (Å²) in [5.41, 5.74) is 0.485. The van der Waals surface area contributed by atoms with Crippen molar-refractivity contribution in [3.63, 3.8) is 0 Å². The van der Waals surface area contributed by atoms with Gasteiger partial charge in [-0.2, -0.15) is 0 Å². The number of nitrogens with zero attached hydrogens (tertiary/aromatic N) is 1. The van der Waals surface area contributed by atoms with E-state index in [4.69, 9.17) is 0 Å². The summed E-state index contributed by atoms with van der Waals surface area (Å²) in [4.78, 5) is 25.8. The van der Waals surface area contributed by atoms with Gasteiger partial charge in [-0.3, -0.25) is 4.79 Å². The standard InChI is InChI=1S/C15H20INO4/c1-10(2)8-17(13(9-18)15(20)21-3)14(19)11-4-6-12(16)7-5-11/h4-7,10,13,18H,8-9H2,1-3H3. The highest BCUT2D eigenvalue weighted by Crippen LogP contribution is 2.14. The molecule has 1 amide bonds. The van der Waals surface area contributed by atoms with Crippen LogP contribution in [0.2, 0.25) is 0 Å². The molecule has 0 bridgehead atoms. The molecule has 5 nitrogen and oxygen atoms in total. The molecule has 1 aromatic carbocycles. The fourth-order valence-corrected chi connectivity index (χ4v) is 2.30. The zero-order valence-electron chi connectivity index (χ0n) is 12.4. The molecule has 0 aliphatic heterocycles. The Morgan fingerprint density at radius 1 is 1.29 bits per heavy atom. The molecular weight excluding hydrogens is 385 g/mol. The fraction of sp³-hybridized carbons (Fsp3) is 0.467. The van der Waals surface area contributed by atoms with Gasteiger partial charge in [-0.05, 0) is 52.8 Å². The van der Waals surface area contributed by atoms with Crippen LogP contribution in [0.1, 0.15) is 24.2 Å². The number of benzene rings is 1. The first-order valence-corrected chi connectivity index (χ1v) is 7.73. The SMILES string of the molecule is COC(=O)C(CO)N(CC(C)C)C(=O)c1ccc(I)cc1. The van der Waals surface area contributed by atoms with Crippen LogP contribution < -0.4 is 0 Å². The van der Waals surface area contributed by atoms with Crippen molar-refractivity contribution >= 4 is 34.5 Å². The molecule has 1 atom stereocenters. The minimum absolute atomic E-state index is 0.163. The van der Waals surface area contributed by atoms with Gasteiger partial charge in [0.25, 0.3) is 5.91 Å². The highest BCUT2D eigenvalue weighted by atomic mass is 127. The van der Waals surface area contributed by atoms with E-state index < -0.39 is 18.6 Å². The van der Waals surface area contributed by atoms with Crippen LogP contribution in [0.5, 0.6) is 0 Å². The second-order valence-electron chi connectivity index (χ2n) is 5.08. The minimum atomic E-state index is -0.982. The van der Waals surface area contributed by atoms with Crippen molar-refractivity contribution in [2.75, 3.05) is 20.3 Å². The molecule has 0 radical (unpaired) electrons. The third kappa shape index (κ3) is 4.96. The summed E-state index contributed by atoms with van der Waals surface area (Å²) in [6.45, 7) is 3.79.